The van der Waals surface area contributed by atoms with Crippen LogP contribution in [0.1, 0.15) is 74.1 Å². The van der Waals surface area contributed by atoms with Crippen molar-refractivity contribution in [1.82, 2.24) is 15.4 Å². The van der Waals surface area contributed by atoms with Crippen LogP contribution in [-0.4, -0.2) is 67.6 Å². The van der Waals surface area contributed by atoms with Gasteiger partial charge in [-0.1, -0.05) is 19.9 Å². The smallest absolute Gasteiger partial charge is 0.354 e. The molecular weight excluding hydrogens is 486 g/mol. The third-order valence-corrected chi connectivity index (χ3v) is 5.51. The molecule has 2 aromatic rings. The van der Waals surface area contributed by atoms with Crippen molar-refractivity contribution in [2.75, 3.05) is 34.0 Å². The van der Waals surface area contributed by atoms with Crippen LogP contribution in [0.25, 0.3) is 11.3 Å². The Morgan fingerprint density at radius 2 is 1.84 bits per heavy atom. The number of Topliss-reactive ketones (excluding diaryl/α,β-unsaturated/α-hetero) is 1. The Morgan fingerprint density at radius 3 is 2.46 bits per heavy atom. The molecule has 0 bridgehead atoms. The summed E-state index contributed by atoms with van der Waals surface area (Å²) in [5.41, 5.74) is 1.99. The van der Waals surface area contributed by atoms with Gasteiger partial charge in [0, 0.05) is 11.1 Å². The normalized spacial score (nSPS) is 14.6. The summed E-state index contributed by atoms with van der Waals surface area (Å²) in [5, 5.41) is 0. The number of H-pyrrole nitrogens is 1. The minimum Gasteiger partial charge on any atom is -0.465 e. The Morgan fingerprint density at radius 1 is 1.16 bits per heavy atom. The molecule has 1 amide bonds. The van der Waals surface area contributed by atoms with Gasteiger partial charge in [-0.05, 0) is 25.0 Å². The Bertz CT molecular complexity index is 1210. The third-order valence-electron chi connectivity index (χ3n) is 5.51. The van der Waals surface area contributed by atoms with Gasteiger partial charge in [-0.2, -0.15) is 0 Å². The number of ketones is 1. The molecule has 0 atom stereocenters. The van der Waals surface area contributed by atoms with Crippen molar-refractivity contribution >= 4 is 23.6 Å². The first-order valence-electron chi connectivity index (χ1n) is 11.7. The summed E-state index contributed by atoms with van der Waals surface area (Å²) >= 11 is 0. The summed E-state index contributed by atoms with van der Waals surface area (Å²) in [6, 6.07) is 2.54. The fourth-order valence-corrected chi connectivity index (χ4v) is 3.93. The number of unbranched alkanes of at least 4 members (excludes halogenated alkanes) is 1. The minimum absolute atomic E-state index is 0.00202. The zero-order chi connectivity index (χ0) is 27.2. The van der Waals surface area contributed by atoms with E-state index in [1.807, 2.05) is 13.8 Å². The number of carbonyl (C=O) groups is 4. The zero-order valence-corrected chi connectivity index (χ0v) is 21.1. The number of amides is 1. The molecule has 1 fully saturated rings. The van der Waals surface area contributed by atoms with Gasteiger partial charge in [0.15, 0.2) is 0 Å². The molecule has 3 heterocycles. The first kappa shape index (κ1) is 27.7. The first-order chi connectivity index (χ1) is 17.9. The second-order valence-electron chi connectivity index (χ2n) is 7.59. The summed E-state index contributed by atoms with van der Waals surface area (Å²) in [4.78, 5) is 63.5. The predicted molar refractivity (Wildman–Crippen MR) is 129 cm³/mol. The van der Waals surface area contributed by atoms with Crippen LogP contribution in [0.3, 0.4) is 0 Å². The summed E-state index contributed by atoms with van der Waals surface area (Å²) < 4.78 is 21.1. The number of methoxy groups -OCH3 is 2. The number of fused-ring (bicyclic) bond motifs is 4. The highest BCUT2D eigenvalue weighted by Crippen LogP contribution is 2.47. The average molecular weight is 516 g/mol. The Kier molecular flexibility index (Phi) is 8.92. The first-order valence-corrected chi connectivity index (χ1v) is 11.7. The van der Waals surface area contributed by atoms with Crippen LogP contribution >= 0.6 is 0 Å². The Hall–Kier alpha value is -3.87. The maximum atomic E-state index is 13.7. The van der Waals surface area contributed by atoms with Crippen molar-refractivity contribution in [3.8, 4) is 11.3 Å². The molecule has 37 heavy (non-hydrogen) atoms. The van der Waals surface area contributed by atoms with E-state index in [4.69, 9.17) is 23.8 Å². The molecule has 198 valence electrons. The van der Waals surface area contributed by atoms with E-state index < -0.39 is 29.4 Å². The number of hydrogen-bond acceptors (Lipinski definition) is 10. The van der Waals surface area contributed by atoms with E-state index in [2.05, 4.69) is 22.0 Å². The summed E-state index contributed by atoms with van der Waals surface area (Å²) in [6.07, 6.45) is 3.04. The number of hydrogen-bond donors (Lipinski definition) is 2. The number of pyridine rings is 1. The van der Waals surface area contributed by atoms with Gasteiger partial charge < -0.3 is 23.9 Å². The van der Waals surface area contributed by atoms with Crippen molar-refractivity contribution in [3.63, 3.8) is 0 Å². The lowest BCUT2D eigenvalue weighted by atomic mass is 9.85. The lowest BCUT2D eigenvalue weighted by Gasteiger charge is -2.31. The number of allylic oxidation sites excluding steroid dienone is 1. The monoisotopic (exact) mass is 515 g/mol. The number of nitrogens with one attached hydrogen (secondary N) is 2. The van der Waals surface area contributed by atoms with E-state index in [-0.39, 0.29) is 59.3 Å². The summed E-state index contributed by atoms with van der Waals surface area (Å²) in [5.74, 6) is -4.96. The van der Waals surface area contributed by atoms with Crippen molar-refractivity contribution in [3.05, 3.63) is 53.0 Å². The van der Waals surface area contributed by atoms with Crippen LogP contribution in [-0.2, 0) is 29.6 Å². The molecule has 2 N–H and O–H groups in total. The van der Waals surface area contributed by atoms with E-state index in [0.29, 0.717) is 12.8 Å². The fraction of sp³-hybridized carbons (Fsp3) is 0.400. The number of rotatable bonds is 8. The molecule has 2 aliphatic rings. The number of hydroxylamine groups is 1. The lowest BCUT2D eigenvalue weighted by Crippen LogP contribution is -2.41. The van der Waals surface area contributed by atoms with Gasteiger partial charge in [-0.25, -0.2) is 20.1 Å². The van der Waals surface area contributed by atoms with Gasteiger partial charge in [-0.15, -0.1) is 6.58 Å². The highest BCUT2D eigenvalue weighted by atomic mass is 16.7. The molecule has 12 heteroatoms. The van der Waals surface area contributed by atoms with Crippen molar-refractivity contribution in [2.24, 2.45) is 0 Å². The molecule has 1 spiro atoms. The van der Waals surface area contributed by atoms with Gasteiger partial charge in [0.1, 0.15) is 17.1 Å². The summed E-state index contributed by atoms with van der Waals surface area (Å²) in [7, 11) is 2.35. The van der Waals surface area contributed by atoms with Gasteiger partial charge in [0.2, 0.25) is 5.78 Å². The van der Waals surface area contributed by atoms with Crippen LogP contribution < -0.4 is 5.48 Å². The zero-order valence-electron chi connectivity index (χ0n) is 21.1. The molecule has 2 aromatic heterocycles. The largest absolute Gasteiger partial charge is 0.465 e. The van der Waals surface area contributed by atoms with Gasteiger partial charge in [0.25, 0.3) is 11.7 Å². The molecule has 1 aliphatic carbocycles. The highest BCUT2D eigenvalue weighted by molar-refractivity contribution is 6.15. The molecule has 0 radical (unpaired) electrons. The van der Waals surface area contributed by atoms with Crippen molar-refractivity contribution < 1.29 is 43.0 Å². The number of esters is 2. The maximum absolute atomic E-state index is 13.7. The Labute approximate surface area is 213 Å². The summed E-state index contributed by atoms with van der Waals surface area (Å²) in [6.45, 7) is 8.03. The van der Waals surface area contributed by atoms with Gasteiger partial charge in [0.05, 0.1) is 45.3 Å². The van der Waals surface area contributed by atoms with Crippen LogP contribution in [0.4, 0.5) is 0 Å². The van der Waals surface area contributed by atoms with Crippen molar-refractivity contribution in [1.29, 1.82) is 0 Å². The van der Waals surface area contributed by atoms with Crippen LogP contribution in [0.2, 0.25) is 0 Å². The van der Waals surface area contributed by atoms with Crippen LogP contribution in [0, 0.1) is 0 Å². The molecular formula is C25H29N3O9. The van der Waals surface area contributed by atoms with E-state index in [1.54, 1.807) is 6.08 Å². The molecule has 0 saturated carbocycles. The SMILES string of the molecule is C=CCCCONC(=O)c1cc(C(=O)OC)c2c(n1)C(=O)C1(OCCO1)c1cc(C(=O)OC)[nH]c1-2.CC. The van der Waals surface area contributed by atoms with Gasteiger partial charge in [-0.3, -0.25) is 14.4 Å². The Balaban J connectivity index is 0.00000186. The van der Waals surface area contributed by atoms with Gasteiger partial charge >= 0.3 is 11.9 Å². The lowest BCUT2D eigenvalue weighted by molar-refractivity contribution is -0.126. The minimum atomic E-state index is -1.90. The molecule has 0 unspecified atom stereocenters. The number of aromatic amines is 1. The second-order valence-corrected chi connectivity index (χ2v) is 7.59. The van der Waals surface area contributed by atoms with Crippen LogP contribution in [0.15, 0.2) is 24.8 Å². The molecule has 1 saturated heterocycles. The van der Waals surface area contributed by atoms with E-state index in [9.17, 15) is 19.2 Å². The van der Waals surface area contributed by atoms with Crippen molar-refractivity contribution in [2.45, 2.75) is 32.5 Å². The second kappa shape index (κ2) is 11.9. The molecule has 1 aliphatic heterocycles. The highest BCUT2D eigenvalue weighted by Gasteiger charge is 2.54. The quantitative estimate of drug-likeness (QED) is 0.232. The maximum Gasteiger partial charge on any atom is 0.354 e. The average Bonchev–Trinajstić information content (AvgIpc) is 3.60. The van der Waals surface area contributed by atoms with E-state index in [0.717, 1.165) is 7.11 Å². The number of aromatic nitrogens is 2. The molecule has 0 aromatic carbocycles. The van der Waals surface area contributed by atoms with E-state index in [1.165, 1.54) is 19.2 Å². The van der Waals surface area contributed by atoms with Crippen LogP contribution in [0.5, 0.6) is 0 Å². The van der Waals surface area contributed by atoms with E-state index >= 15 is 0 Å². The number of carbonyl (C=O) groups excluding carboxylic acids is 4. The molecule has 12 nitrogen and oxygen atoms in total. The number of nitrogens with zero attached hydrogens (tertiary/aromatic N) is 1. The predicted octanol–water partition coefficient (Wildman–Crippen LogP) is 2.70. The number of ether oxygens (including phenoxy) is 4. The third kappa shape index (κ3) is 5.03. The fourth-order valence-electron chi connectivity index (χ4n) is 3.93. The standard InChI is InChI=1S/C23H23N3O9.C2H6/c1-4-5-6-7-35-26-20(28)14-10-12(21(29)31-2)16-17-13(11-15(25-17)22(30)32-3)23(33-8-9-34-23)19(27)18(16)24-14;1-2/h4,10-11,25H,1,5-9H2,2-3H3,(H,26,28);1-2H3. The topological polar surface area (TPSA) is 155 Å². The molecule has 4 rings (SSSR count).